The van der Waals surface area contributed by atoms with Crippen LogP contribution in [0.5, 0.6) is 5.75 Å². The third kappa shape index (κ3) is 3.78. The van der Waals surface area contributed by atoms with E-state index in [9.17, 15) is 18.5 Å². The Morgan fingerprint density at radius 3 is 2.40 bits per heavy atom. The number of carbonyl (C=O) groups excluding carboxylic acids is 1. The summed E-state index contributed by atoms with van der Waals surface area (Å²) in [7, 11) is -1.25. The lowest BCUT2D eigenvalue weighted by Crippen LogP contribution is -2.14. The number of nitrogens with two attached hydrogens (primary N) is 1. The summed E-state index contributed by atoms with van der Waals surface area (Å²) < 4.78 is 39.2. The molecule has 0 spiro atoms. The summed E-state index contributed by atoms with van der Waals surface area (Å²) in [4.78, 5) is 12.1. The van der Waals surface area contributed by atoms with Crippen LogP contribution < -0.4 is 15.2 Å². The van der Waals surface area contributed by atoms with Gasteiger partial charge in [-0.1, -0.05) is 12.1 Å². The summed E-state index contributed by atoms with van der Waals surface area (Å²) in [6.45, 7) is 0. The summed E-state index contributed by atoms with van der Waals surface area (Å²) in [6, 6.07) is 14.3. The molecule has 0 unspecified atom stereocenters. The number of nitrogen functional groups attached to an aromatic ring is 1. The van der Waals surface area contributed by atoms with Crippen molar-refractivity contribution in [2.24, 2.45) is 0 Å². The topological polar surface area (TPSA) is 136 Å². The molecule has 3 aromatic rings. The Morgan fingerprint density at radius 2 is 1.80 bits per heavy atom. The van der Waals surface area contributed by atoms with Gasteiger partial charge in [-0.05, 0) is 36.4 Å². The first kappa shape index (κ1) is 20.8. The van der Waals surface area contributed by atoms with Gasteiger partial charge in [-0.3, -0.25) is 4.72 Å². The van der Waals surface area contributed by atoms with Crippen molar-refractivity contribution in [1.82, 2.24) is 4.57 Å². The highest BCUT2D eigenvalue weighted by molar-refractivity contribution is 7.92. The van der Waals surface area contributed by atoms with Crippen LogP contribution in [0.1, 0.15) is 16.1 Å². The van der Waals surface area contributed by atoms with Crippen LogP contribution in [0.4, 0.5) is 11.4 Å². The van der Waals surface area contributed by atoms with Crippen molar-refractivity contribution in [2.45, 2.75) is 4.90 Å². The molecule has 2 aromatic carbocycles. The number of aromatic nitrogens is 1. The monoisotopic (exact) mass is 426 g/mol. The Balaban J connectivity index is 1.98. The Hall–Kier alpha value is -3.97. The van der Waals surface area contributed by atoms with E-state index in [-0.39, 0.29) is 21.8 Å². The standard InChI is InChI=1S/C20H18N4O5S/c1-28-17-6-4-3-5-16(17)23-30(26,27)15-9-7-14(8-10-15)24-12-13(11-21)18(22)19(24)20(25)29-2/h3-10,12,23H,22H2,1-2H3. The average Bonchev–Trinajstić information content (AvgIpc) is 3.09. The molecule has 0 aliphatic carbocycles. The number of nitrogens with one attached hydrogen (secondary N) is 1. The maximum Gasteiger partial charge on any atom is 0.357 e. The zero-order chi connectivity index (χ0) is 21.9. The molecule has 0 aliphatic heterocycles. The van der Waals surface area contributed by atoms with E-state index in [0.29, 0.717) is 17.1 Å². The minimum atomic E-state index is -3.89. The smallest absolute Gasteiger partial charge is 0.357 e. The van der Waals surface area contributed by atoms with Gasteiger partial charge in [0.15, 0.2) is 5.69 Å². The molecule has 154 valence electrons. The maximum atomic E-state index is 12.7. The number of methoxy groups -OCH3 is 2. The minimum absolute atomic E-state index is 0.00240. The SMILES string of the molecule is COC(=O)c1c(N)c(C#N)cn1-c1ccc(S(=O)(=O)Nc2ccccc2OC)cc1. The van der Waals surface area contributed by atoms with Crippen molar-refractivity contribution in [3.05, 3.63) is 66.0 Å². The number of rotatable bonds is 6. The number of sulfonamides is 1. The number of nitrogens with zero attached hydrogens (tertiary/aromatic N) is 2. The first-order valence-electron chi connectivity index (χ1n) is 8.58. The molecular formula is C20H18N4O5S. The van der Waals surface area contributed by atoms with Crippen molar-refractivity contribution in [2.75, 3.05) is 24.7 Å². The summed E-state index contributed by atoms with van der Waals surface area (Å²) in [5.41, 5.74) is 6.68. The van der Waals surface area contributed by atoms with E-state index in [1.807, 2.05) is 6.07 Å². The number of anilines is 2. The van der Waals surface area contributed by atoms with E-state index >= 15 is 0 Å². The lowest BCUT2D eigenvalue weighted by molar-refractivity contribution is 0.0593. The highest BCUT2D eigenvalue weighted by Gasteiger charge is 2.22. The lowest BCUT2D eigenvalue weighted by Gasteiger charge is -2.13. The van der Waals surface area contributed by atoms with Gasteiger partial charge in [-0.15, -0.1) is 0 Å². The second-order valence-corrected chi connectivity index (χ2v) is 7.76. The molecular weight excluding hydrogens is 408 g/mol. The van der Waals surface area contributed by atoms with Crippen LogP contribution in [0.15, 0.2) is 59.6 Å². The fraction of sp³-hybridized carbons (Fsp3) is 0.100. The quantitative estimate of drug-likeness (QED) is 0.578. The second-order valence-electron chi connectivity index (χ2n) is 6.08. The molecule has 0 radical (unpaired) electrons. The van der Waals surface area contributed by atoms with Crippen LogP contribution >= 0.6 is 0 Å². The molecule has 0 bridgehead atoms. The van der Waals surface area contributed by atoms with Crippen molar-refractivity contribution in [1.29, 1.82) is 5.26 Å². The van der Waals surface area contributed by atoms with Gasteiger partial charge in [0.1, 0.15) is 11.8 Å². The fourth-order valence-electron chi connectivity index (χ4n) is 2.84. The summed E-state index contributed by atoms with van der Waals surface area (Å²) in [5, 5.41) is 9.20. The Kier molecular flexibility index (Phi) is 5.66. The molecule has 9 nitrogen and oxygen atoms in total. The summed E-state index contributed by atoms with van der Waals surface area (Å²) in [6.07, 6.45) is 1.39. The largest absolute Gasteiger partial charge is 0.495 e. The Bertz CT molecular complexity index is 1240. The van der Waals surface area contributed by atoms with E-state index in [4.69, 9.17) is 15.2 Å². The number of benzene rings is 2. The van der Waals surface area contributed by atoms with Gasteiger partial charge in [0.25, 0.3) is 10.0 Å². The molecule has 0 aliphatic rings. The number of para-hydroxylation sites is 2. The van der Waals surface area contributed by atoms with Gasteiger partial charge in [-0.2, -0.15) is 5.26 Å². The molecule has 1 heterocycles. The zero-order valence-electron chi connectivity index (χ0n) is 16.1. The first-order chi connectivity index (χ1) is 14.3. The van der Waals surface area contributed by atoms with E-state index < -0.39 is 16.0 Å². The molecule has 0 fully saturated rings. The predicted octanol–water partition coefficient (Wildman–Crippen LogP) is 2.53. The number of carbonyl (C=O) groups is 1. The fourth-order valence-corrected chi connectivity index (χ4v) is 3.91. The van der Waals surface area contributed by atoms with Crippen molar-refractivity contribution < 1.29 is 22.7 Å². The van der Waals surface area contributed by atoms with Crippen molar-refractivity contribution in [3.63, 3.8) is 0 Å². The van der Waals surface area contributed by atoms with E-state index in [1.165, 1.54) is 49.2 Å². The molecule has 30 heavy (non-hydrogen) atoms. The van der Waals surface area contributed by atoms with Gasteiger partial charge in [-0.25, -0.2) is 13.2 Å². The maximum absolute atomic E-state index is 12.7. The third-order valence-corrected chi connectivity index (χ3v) is 5.70. The second kappa shape index (κ2) is 8.18. The van der Waals surface area contributed by atoms with Crippen molar-refractivity contribution in [3.8, 4) is 17.5 Å². The number of hydrogen-bond acceptors (Lipinski definition) is 7. The number of nitriles is 1. The number of esters is 1. The summed E-state index contributed by atoms with van der Waals surface area (Å²) >= 11 is 0. The molecule has 1 aromatic heterocycles. The predicted molar refractivity (Wildman–Crippen MR) is 110 cm³/mol. The highest BCUT2D eigenvalue weighted by Crippen LogP contribution is 2.28. The molecule has 0 saturated carbocycles. The number of ether oxygens (including phenoxy) is 2. The van der Waals surface area contributed by atoms with Gasteiger partial charge < -0.3 is 19.8 Å². The average molecular weight is 426 g/mol. The highest BCUT2D eigenvalue weighted by atomic mass is 32.2. The van der Waals surface area contributed by atoms with Crippen LogP contribution in [-0.2, 0) is 14.8 Å². The normalized spacial score (nSPS) is 10.8. The van der Waals surface area contributed by atoms with Crippen LogP contribution in [0, 0.1) is 11.3 Å². The van der Waals surface area contributed by atoms with Gasteiger partial charge >= 0.3 is 5.97 Å². The van der Waals surface area contributed by atoms with Crippen molar-refractivity contribution >= 4 is 27.4 Å². The molecule has 0 saturated heterocycles. The molecule has 10 heteroatoms. The Morgan fingerprint density at radius 1 is 1.13 bits per heavy atom. The molecule has 0 atom stereocenters. The number of hydrogen-bond donors (Lipinski definition) is 2. The minimum Gasteiger partial charge on any atom is -0.495 e. The summed E-state index contributed by atoms with van der Waals surface area (Å²) in [5.74, 6) is -0.337. The lowest BCUT2D eigenvalue weighted by atomic mass is 10.2. The van der Waals surface area contributed by atoms with Gasteiger partial charge in [0.05, 0.1) is 36.1 Å². The van der Waals surface area contributed by atoms with E-state index in [2.05, 4.69) is 4.72 Å². The molecule has 0 amide bonds. The van der Waals surface area contributed by atoms with E-state index in [1.54, 1.807) is 24.3 Å². The van der Waals surface area contributed by atoms with Crippen LogP contribution in [-0.4, -0.2) is 33.2 Å². The van der Waals surface area contributed by atoms with Crippen LogP contribution in [0.2, 0.25) is 0 Å². The zero-order valence-corrected chi connectivity index (χ0v) is 16.9. The molecule has 3 N–H and O–H groups in total. The third-order valence-electron chi connectivity index (χ3n) is 4.32. The van der Waals surface area contributed by atoms with Crippen LogP contribution in [0.25, 0.3) is 5.69 Å². The molecule has 3 rings (SSSR count). The van der Waals surface area contributed by atoms with Gasteiger partial charge in [0.2, 0.25) is 0 Å². The van der Waals surface area contributed by atoms with Gasteiger partial charge in [0, 0.05) is 11.9 Å². The first-order valence-corrected chi connectivity index (χ1v) is 10.1. The van der Waals surface area contributed by atoms with Crippen LogP contribution in [0.3, 0.4) is 0 Å². The van der Waals surface area contributed by atoms with E-state index in [0.717, 1.165) is 0 Å². The Labute approximate surface area is 173 Å².